The second-order valence-electron chi connectivity index (χ2n) is 6.64. The average molecular weight is 361 g/mol. The first kappa shape index (κ1) is 22.3. The number of carbonyl (C=O) groups excluding carboxylic acids is 1. The Balaban J connectivity index is 2.11. The molecule has 0 spiro atoms. The van der Waals surface area contributed by atoms with E-state index in [9.17, 15) is 4.79 Å². The van der Waals surface area contributed by atoms with E-state index in [1.165, 1.54) is 50.5 Å². The van der Waals surface area contributed by atoms with Crippen LogP contribution in [-0.2, 0) is 9.53 Å². The first-order valence-corrected chi connectivity index (χ1v) is 10.3. The molecule has 1 rings (SSSR count). The number of esters is 1. The Bertz CT molecular complexity index is 491. The summed E-state index contributed by atoms with van der Waals surface area (Å²) >= 11 is 0. The molecule has 26 heavy (non-hydrogen) atoms. The van der Waals surface area contributed by atoms with Crippen LogP contribution in [0, 0.1) is 0 Å². The van der Waals surface area contributed by atoms with Crippen LogP contribution < -0.4 is 4.74 Å². The van der Waals surface area contributed by atoms with Crippen molar-refractivity contribution in [3.8, 4) is 5.75 Å². The number of ether oxygens (including phenoxy) is 2. The Kier molecular flexibility index (Phi) is 13.3. The van der Waals surface area contributed by atoms with Gasteiger partial charge >= 0.3 is 5.97 Å². The Labute approximate surface area is 159 Å². The molecule has 3 heteroatoms. The zero-order valence-electron chi connectivity index (χ0n) is 16.7. The number of unbranched alkanes of at least 4 members (excludes halogenated alkanes) is 7. The van der Waals surface area contributed by atoms with Gasteiger partial charge in [0.05, 0.1) is 13.2 Å². The smallest absolute Gasteiger partial charge is 0.305 e. The molecular formula is C23H36O3. The highest BCUT2D eigenvalue weighted by Crippen LogP contribution is 2.15. The first-order valence-electron chi connectivity index (χ1n) is 10.3. The van der Waals surface area contributed by atoms with Gasteiger partial charge in [-0.1, -0.05) is 69.7 Å². The van der Waals surface area contributed by atoms with Crippen LogP contribution >= 0.6 is 0 Å². The molecule has 0 bridgehead atoms. The highest BCUT2D eigenvalue weighted by atomic mass is 16.5. The minimum Gasteiger partial charge on any atom is -0.494 e. The topological polar surface area (TPSA) is 35.5 Å². The van der Waals surface area contributed by atoms with Gasteiger partial charge in [0.2, 0.25) is 0 Å². The summed E-state index contributed by atoms with van der Waals surface area (Å²) in [4.78, 5) is 11.2. The minimum atomic E-state index is -0.155. The molecule has 0 aliphatic carbocycles. The molecule has 1 aromatic carbocycles. The van der Waals surface area contributed by atoms with E-state index in [0.29, 0.717) is 26.1 Å². The fourth-order valence-corrected chi connectivity index (χ4v) is 2.75. The Hall–Kier alpha value is -1.77. The van der Waals surface area contributed by atoms with Gasteiger partial charge in [-0.15, -0.1) is 0 Å². The Morgan fingerprint density at radius 2 is 1.62 bits per heavy atom. The molecule has 1 aromatic rings. The van der Waals surface area contributed by atoms with Gasteiger partial charge in [-0.3, -0.25) is 4.79 Å². The summed E-state index contributed by atoms with van der Waals surface area (Å²) in [6.07, 6.45) is 16.2. The summed E-state index contributed by atoms with van der Waals surface area (Å²) in [5.74, 6) is 0.690. The highest BCUT2D eigenvalue weighted by molar-refractivity contribution is 5.69. The predicted octanol–water partition coefficient (Wildman–Crippen LogP) is 6.56. The van der Waals surface area contributed by atoms with Crippen LogP contribution in [0.1, 0.15) is 83.6 Å². The maximum atomic E-state index is 11.2. The molecule has 0 heterocycles. The van der Waals surface area contributed by atoms with E-state index in [0.717, 1.165) is 12.2 Å². The summed E-state index contributed by atoms with van der Waals surface area (Å²) in [5.41, 5.74) is 1.20. The van der Waals surface area contributed by atoms with Gasteiger partial charge in [0, 0.05) is 6.42 Å². The molecule has 0 saturated carbocycles. The number of hydrogen-bond acceptors (Lipinski definition) is 3. The largest absolute Gasteiger partial charge is 0.494 e. The van der Waals surface area contributed by atoms with E-state index >= 15 is 0 Å². The molecule has 0 radical (unpaired) electrons. The van der Waals surface area contributed by atoms with Crippen molar-refractivity contribution in [3.05, 3.63) is 35.9 Å². The van der Waals surface area contributed by atoms with Crippen LogP contribution in [0.4, 0.5) is 0 Å². The average Bonchev–Trinajstić information content (AvgIpc) is 2.65. The normalized spacial score (nSPS) is 11.0. The second kappa shape index (κ2) is 15.5. The molecule has 0 aliphatic rings. The van der Waals surface area contributed by atoms with E-state index < -0.39 is 0 Å². The maximum absolute atomic E-state index is 11.2. The van der Waals surface area contributed by atoms with Crippen molar-refractivity contribution in [1.29, 1.82) is 0 Å². The van der Waals surface area contributed by atoms with Crippen molar-refractivity contribution < 1.29 is 14.3 Å². The molecule has 0 fully saturated rings. The van der Waals surface area contributed by atoms with Crippen LogP contribution in [0.5, 0.6) is 5.75 Å². The fraction of sp³-hybridized carbons (Fsp3) is 0.609. The van der Waals surface area contributed by atoms with Gasteiger partial charge in [0.1, 0.15) is 5.75 Å². The van der Waals surface area contributed by atoms with Gasteiger partial charge in [-0.2, -0.15) is 0 Å². The standard InChI is InChI=1S/C23H36O3/c1-3-5-6-7-8-9-10-11-12-14-21-16-18-22(19-17-21)26-20-13-15-23(24)25-4-2/h12,14,16-19H,3-11,13,15,20H2,1-2H3/b14-12+. The van der Waals surface area contributed by atoms with Crippen LogP contribution in [0.25, 0.3) is 6.08 Å². The van der Waals surface area contributed by atoms with Crippen LogP contribution in [0.15, 0.2) is 30.3 Å². The molecule has 0 aliphatic heterocycles. The molecule has 0 saturated heterocycles. The number of rotatable bonds is 15. The van der Waals surface area contributed by atoms with Crippen LogP contribution in [-0.4, -0.2) is 19.2 Å². The van der Waals surface area contributed by atoms with Crippen LogP contribution in [0.2, 0.25) is 0 Å². The van der Waals surface area contributed by atoms with Crippen molar-refractivity contribution >= 4 is 12.0 Å². The molecule has 0 amide bonds. The molecule has 146 valence electrons. The molecule has 0 atom stereocenters. The Morgan fingerprint density at radius 3 is 2.31 bits per heavy atom. The third-order valence-electron chi connectivity index (χ3n) is 4.26. The van der Waals surface area contributed by atoms with Gasteiger partial charge < -0.3 is 9.47 Å². The number of benzene rings is 1. The maximum Gasteiger partial charge on any atom is 0.305 e. The van der Waals surface area contributed by atoms with Crippen molar-refractivity contribution in [2.24, 2.45) is 0 Å². The second-order valence-corrected chi connectivity index (χ2v) is 6.64. The van der Waals surface area contributed by atoms with Gasteiger partial charge in [0.15, 0.2) is 0 Å². The first-order chi connectivity index (χ1) is 12.8. The Morgan fingerprint density at radius 1 is 0.923 bits per heavy atom. The van der Waals surface area contributed by atoms with E-state index in [1.54, 1.807) is 0 Å². The fourth-order valence-electron chi connectivity index (χ4n) is 2.75. The lowest BCUT2D eigenvalue weighted by Gasteiger charge is -2.06. The summed E-state index contributed by atoms with van der Waals surface area (Å²) in [6, 6.07) is 8.11. The van der Waals surface area contributed by atoms with Crippen molar-refractivity contribution in [2.45, 2.75) is 78.1 Å². The highest BCUT2D eigenvalue weighted by Gasteiger charge is 2.01. The monoisotopic (exact) mass is 360 g/mol. The molecule has 3 nitrogen and oxygen atoms in total. The van der Waals surface area contributed by atoms with Crippen molar-refractivity contribution in [2.75, 3.05) is 13.2 Å². The van der Waals surface area contributed by atoms with E-state index in [2.05, 4.69) is 31.2 Å². The summed E-state index contributed by atoms with van der Waals surface area (Å²) in [5, 5.41) is 0. The van der Waals surface area contributed by atoms with E-state index in [4.69, 9.17) is 9.47 Å². The molecule has 0 aromatic heterocycles. The third-order valence-corrected chi connectivity index (χ3v) is 4.26. The van der Waals surface area contributed by atoms with Crippen LogP contribution in [0.3, 0.4) is 0 Å². The summed E-state index contributed by atoms with van der Waals surface area (Å²) in [6.45, 7) is 5.05. The summed E-state index contributed by atoms with van der Waals surface area (Å²) < 4.78 is 10.5. The number of allylic oxidation sites excluding steroid dienone is 1. The number of carbonyl (C=O) groups is 1. The van der Waals surface area contributed by atoms with E-state index in [1.807, 2.05) is 19.1 Å². The molecule has 0 N–H and O–H groups in total. The van der Waals surface area contributed by atoms with Gasteiger partial charge in [-0.25, -0.2) is 0 Å². The quantitative estimate of drug-likeness (QED) is 0.262. The van der Waals surface area contributed by atoms with Crippen molar-refractivity contribution in [3.63, 3.8) is 0 Å². The summed E-state index contributed by atoms with van der Waals surface area (Å²) in [7, 11) is 0. The lowest BCUT2D eigenvalue weighted by molar-refractivity contribution is -0.143. The third kappa shape index (κ3) is 11.7. The van der Waals surface area contributed by atoms with Gasteiger partial charge in [-0.05, 0) is 43.9 Å². The molecule has 0 unspecified atom stereocenters. The lowest BCUT2D eigenvalue weighted by atomic mass is 10.1. The SMILES string of the molecule is CCCCCCCCC/C=C/c1ccc(OCCCC(=O)OCC)cc1. The molecular weight excluding hydrogens is 324 g/mol. The number of hydrogen-bond donors (Lipinski definition) is 0. The zero-order valence-corrected chi connectivity index (χ0v) is 16.7. The van der Waals surface area contributed by atoms with E-state index in [-0.39, 0.29) is 5.97 Å². The van der Waals surface area contributed by atoms with Gasteiger partial charge in [0.25, 0.3) is 0 Å². The zero-order chi connectivity index (χ0) is 18.9. The predicted molar refractivity (Wildman–Crippen MR) is 109 cm³/mol. The van der Waals surface area contributed by atoms with Crippen molar-refractivity contribution in [1.82, 2.24) is 0 Å². The lowest BCUT2D eigenvalue weighted by Crippen LogP contribution is -2.06. The minimum absolute atomic E-state index is 0.155.